The molecule has 5 heteroatoms. The predicted molar refractivity (Wildman–Crippen MR) is 109 cm³/mol. The zero-order valence-electron chi connectivity index (χ0n) is 16.0. The maximum atomic E-state index is 13.8. The molecule has 2 aromatic carbocycles. The molecule has 0 aliphatic carbocycles. The van der Waals surface area contributed by atoms with Crippen LogP contribution in [0.1, 0.15) is 26.3 Å². The van der Waals surface area contributed by atoms with Crippen LogP contribution in [0.3, 0.4) is 0 Å². The van der Waals surface area contributed by atoms with Crippen LogP contribution in [-0.2, 0) is 6.42 Å². The summed E-state index contributed by atoms with van der Waals surface area (Å²) in [5.74, 6) is 1.94. The van der Waals surface area contributed by atoms with Gasteiger partial charge >= 0.3 is 0 Å². The van der Waals surface area contributed by atoms with Crippen LogP contribution in [0.2, 0.25) is 0 Å². The van der Waals surface area contributed by atoms with E-state index in [1.54, 1.807) is 12.1 Å². The normalized spacial score (nSPS) is 11.3. The third-order valence-electron chi connectivity index (χ3n) is 3.92. The summed E-state index contributed by atoms with van der Waals surface area (Å²) in [5, 5.41) is 6.70. The fourth-order valence-corrected chi connectivity index (χ4v) is 2.73. The molecule has 3 rings (SSSR count). The monoisotopic (exact) mass is 364 g/mol. The number of anilines is 2. The second-order valence-corrected chi connectivity index (χ2v) is 7.47. The molecule has 0 saturated heterocycles. The molecular weight excluding hydrogens is 339 g/mol. The maximum Gasteiger partial charge on any atom is 0.163 e. The lowest BCUT2D eigenvalue weighted by atomic mass is 10.1. The molecule has 0 saturated carbocycles. The summed E-state index contributed by atoms with van der Waals surface area (Å²) in [7, 11) is 0. The highest BCUT2D eigenvalue weighted by Gasteiger charge is 2.13. The third kappa shape index (κ3) is 5.51. The van der Waals surface area contributed by atoms with Crippen molar-refractivity contribution < 1.29 is 4.39 Å². The number of halogens is 1. The van der Waals surface area contributed by atoms with Gasteiger partial charge in [-0.2, -0.15) is 0 Å². The summed E-state index contributed by atoms with van der Waals surface area (Å²) >= 11 is 0. The van der Waals surface area contributed by atoms with Gasteiger partial charge in [0.2, 0.25) is 0 Å². The molecule has 0 atom stereocenters. The van der Waals surface area contributed by atoms with E-state index in [1.165, 1.54) is 6.07 Å². The summed E-state index contributed by atoms with van der Waals surface area (Å²) < 4.78 is 13.8. The molecule has 0 unspecified atom stereocenters. The molecule has 2 N–H and O–H groups in total. The van der Waals surface area contributed by atoms with Gasteiger partial charge in [0, 0.05) is 23.7 Å². The lowest BCUT2D eigenvalue weighted by Crippen LogP contribution is -2.27. The molecular formula is C22H25FN4. The Bertz CT molecular complexity index is 888. The van der Waals surface area contributed by atoms with Crippen molar-refractivity contribution in [2.45, 2.75) is 32.7 Å². The zero-order chi connectivity index (χ0) is 19.3. The van der Waals surface area contributed by atoms with E-state index in [1.807, 2.05) is 42.5 Å². The first kappa shape index (κ1) is 18.8. The first-order valence-electron chi connectivity index (χ1n) is 9.11. The Morgan fingerprint density at radius 2 is 1.56 bits per heavy atom. The lowest BCUT2D eigenvalue weighted by Gasteiger charge is -2.22. The van der Waals surface area contributed by atoms with E-state index in [9.17, 15) is 4.39 Å². The van der Waals surface area contributed by atoms with Crippen LogP contribution in [0, 0.1) is 5.82 Å². The minimum Gasteiger partial charge on any atom is -0.370 e. The molecule has 0 bridgehead atoms. The molecule has 27 heavy (non-hydrogen) atoms. The Kier molecular flexibility index (Phi) is 5.69. The van der Waals surface area contributed by atoms with E-state index in [0.29, 0.717) is 30.2 Å². The molecule has 0 aliphatic heterocycles. The second-order valence-electron chi connectivity index (χ2n) is 7.47. The maximum absolute atomic E-state index is 13.8. The lowest BCUT2D eigenvalue weighted by molar-refractivity contribution is 0.610. The molecule has 4 nitrogen and oxygen atoms in total. The highest BCUT2D eigenvalue weighted by atomic mass is 19.1. The van der Waals surface area contributed by atoms with E-state index in [-0.39, 0.29) is 11.4 Å². The predicted octanol–water partition coefficient (Wildman–Crippen LogP) is 5.15. The van der Waals surface area contributed by atoms with Crippen LogP contribution in [0.5, 0.6) is 0 Å². The van der Waals surface area contributed by atoms with Crippen molar-refractivity contribution in [2.75, 3.05) is 17.2 Å². The minimum absolute atomic E-state index is 0.118. The van der Waals surface area contributed by atoms with Crippen LogP contribution in [-0.4, -0.2) is 22.1 Å². The van der Waals surface area contributed by atoms with Crippen molar-refractivity contribution in [3.8, 4) is 11.4 Å². The van der Waals surface area contributed by atoms with Gasteiger partial charge in [0.25, 0.3) is 0 Å². The van der Waals surface area contributed by atoms with Gasteiger partial charge in [-0.1, -0.05) is 48.5 Å². The topological polar surface area (TPSA) is 49.8 Å². The van der Waals surface area contributed by atoms with E-state index < -0.39 is 0 Å². The number of nitrogens with zero attached hydrogens (tertiary/aromatic N) is 2. The van der Waals surface area contributed by atoms with E-state index in [4.69, 9.17) is 0 Å². The van der Waals surface area contributed by atoms with Gasteiger partial charge in [-0.05, 0) is 38.8 Å². The molecule has 0 radical (unpaired) electrons. The number of rotatable bonds is 6. The van der Waals surface area contributed by atoms with E-state index >= 15 is 0 Å². The molecule has 1 aromatic heterocycles. The highest BCUT2D eigenvalue weighted by Crippen LogP contribution is 2.22. The SMILES string of the molecule is CC(C)(C)Nc1cc(NCCc2ccccc2F)nc(-c2ccccc2)n1. The summed E-state index contributed by atoms with van der Waals surface area (Å²) in [4.78, 5) is 9.28. The van der Waals surface area contributed by atoms with Crippen molar-refractivity contribution in [1.82, 2.24) is 9.97 Å². The average molecular weight is 364 g/mol. The Morgan fingerprint density at radius 1 is 0.889 bits per heavy atom. The van der Waals surface area contributed by atoms with Gasteiger partial charge in [0.1, 0.15) is 17.5 Å². The van der Waals surface area contributed by atoms with Crippen LogP contribution < -0.4 is 10.6 Å². The van der Waals surface area contributed by atoms with Crippen LogP contribution in [0.15, 0.2) is 60.7 Å². The summed E-state index contributed by atoms with van der Waals surface area (Å²) in [6.07, 6.45) is 0.583. The zero-order valence-corrected chi connectivity index (χ0v) is 16.0. The van der Waals surface area contributed by atoms with Gasteiger partial charge in [0.15, 0.2) is 5.82 Å². The minimum atomic E-state index is -0.179. The number of nitrogens with one attached hydrogen (secondary N) is 2. The first-order chi connectivity index (χ1) is 12.9. The van der Waals surface area contributed by atoms with E-state index in [2.05, 4.69) is 41.4 Å². The molecule has 0 amide bonds. The van der Waals surface area contributed by atoms with Gasteiger partial charge < -0.3 is 10.6 Å². The summed E-state index contributed by atoms with van der Waals surface area (Å²) in [6, 6.07) is 18.6. The van der Waals surface area contributed by atoms with Crippen molar-refractivity contribution in [3.05, 3.63) is 72.0 Å². The number of hydrogen-bond acceptors (Lipinski definition) is 4. The number of aromatic nitrogens is 2. The second kappa shape index (κ2) is 8.16. The van der Waals surface area contributed by atoms with E-state index in [0.717, 1.165) is 11.4 Å². The first-order valence-corrected chi connectivity index (χ1v) is 9.11. The Labute approximate surface area is 159 Å². The average Bonchev–Trinajstić information content (AvgIpc) is 2.62. The van der Waals surface area contributed by atoms with Crippen molar-refractivity contribution in [2.24, 2.45) is 0 Å². The highest BCUT2D eigenvalue weighted by molar-refractivity contribution is 5.61. The van der Waals surface area contributed by atoms with Gasteiger partial charge in [0.05, 0.1) is 0 Å². The van der Waals surface area contributed by atoms with Crippen molar-refractivity contribution in [1.29, 1.82) is 0 Å². The Balaban J connectivity index is 1.80. The summed E-state index contributed by atoms with van der Waals surface area (Å²) in [5.41, 5.74) is 1.52. The third-order valence-corrected chi connectivity index (χ3v) is 3.92. The number of benzene rings is 2. The molecule has 1 heterocycles. The fourth-order valence-electron chi connectivity index (χ4n) is 2.73. The van der Waals surface area contributed by atoms with Crippen molar-refractivity contribution >= 4 is 11.6 Å². The van der Waals surface area contributed by atoms with Crippen LogP contribution >= 0.6 is 0 Å². The molecule has 140 valence electrons. The Morgan fingerprint density at radius 3 is 2.26 bits per heavy atom. The smallest absolute Gasteiger partial charge is 0.163 e. The van der Waals surface area contributed by atoms with Crippen LogP contribution in [0.25, 0.3) is 11.4 Å². The Hall–Kier alpha value is -2.95. The fraction of sp³-hybridized carbons (Fsp3) is 0.273. The van der Waals surface area contributed by atoms with Crippen LogP contribution in [0.4, 0.5) is 16.0 Å². The largest absolute Gasteiger partial charge is 0.370 e. The van der Waals surface area contributed by atoms with Crippen molar-refractivity contribution in [3.63, 3.8) is 0 Å². The molecule has 0 aliphatic rings. The standard InChI is InChI=1S/C22H25FN4/c1-22(2,3)27-20-15-19(24-14-13-16-9-7-8-12-18(16)23)25-21(26-20)17-10-5-4-6-11-17/h4-12,15H,13-14H2,1-3H3,(H2,24,25,26,27). The van der Waals surface area contributed by atoms with Gasteiger partial charge in [-0.3, -0.25) is 0 Å². The number of hydrogen-bond donors (Lipinski definition) is 2. The molecule has 0 fully saturated rings. The molecule has 3 aromatic rings. The molecule has 0 spiro atoms. The summed E-state index contributed by atoms with van der Waals surface area (Å²) in [6.45, 7) is 6.84. The van der Waals surface area contributed by atoms with Gasteiger partial charge in [-0.25, -0.2) is 14.4 Å². The quantitative estimate of drug-likeness (QED) is 0.635. The van der Waals surface area contributed by atoms with Gasteiger partial charge in [-0.15, -0.1) is 0 Å².